The molecule has 1 unspecified atom stereocenters. The fourth-order valence-electron chi connectivity index (χ4n) is 1.84. The van der Waals surface area contributed by atoms with Crippen molar-refractivity contribution < 1.29 is 18.3 Å². The van der Waals surface area contributed by atoms with Crippen LogP contribution in [0.15, 0.2) is 18.2 Å². The molecule has 19 heavy (non-hydrogen) atoms. The Morgan fingerprint density at radius 2 is 1.63 bits per heavy atom. The van der Waals surface area contributed by atoms with Gasteiger partial charge in [0.15, 0.2) is 6.29 Å². The van der Waals surface area contributed by atoms with Gasteiger partial charge in [0.05, 0.1) is 0 Å². The lowest BCUT2D eigenvalue weighted by atomic mass is 10.1. The molecular formula is C14H21F2NO2. The molecule has 1 atom stereocenters. The molecule has 0 aliphatic heterocycles. The van der Waals surface area contributed by atoms with Gasteiger partial charge in [-0.3, -0.25) is 0 Å². The van der Waals surface area contributed by atoms with E-state index in [1.165, 1.54) is 18.2 Å². The minimum Gasteiger partial charge on any atom is -0.352 e. The van der Waals surface area contributed by atoms with E-state index in [0.29, 0.717) is 19.8 Å². The highest BCUT2D eigenvalue weighted by molar-refractivity contribution is 5.22. The molecule has 0 radical (unpaired) electrons. The Morgan fingerprint density at radius 3 is 2.11 bits per heavy atom. The second kappa shape index (κ2) is 8.19. The van der Waals surface area contributed by atoms with Gasteiger partial charge >= 0.3 is 0 Å². The van der Waals surface area contributed by atoms with Crippen molar-refractivity contribution in [1.82, 2.24) is 5.32 Å². The zero-order valence-corrected chi connectivity index (χ0v) is 11.6. The Morgan fingerprint density at radius 1 is 1.11 bits per heavy atom. The molecular weight excluding hydrogens is 252 g/mol. The van der Waals surface area contributed by atoms with Crippen LogP contribution in [-0.2, 0) is 9.47 Å². The van der Waals surface area contributed by atoms with Crippen molar-refractivity contribution >= 4 is 0 Å². The van der Waals surface area contributed by atoms with Gasteiger partial charge in [-0.1, -0.05) is 6.07 Å². The first kappa shape index (κ1) is 16.0. The Labute approximate surface area is 112 Å². The lowest BCUT2D eigenvalue weighted by Crippen LogP contribution is -2.33. The quantitative estimate of drug-likeness (QED) is 0.739. The van der Waals surface area contributed by atoms with Crippen molar-refractivity contribution in [1.29, 1.82) is 0 Å². The van der Waals surface area contributed by atoms with Gasteiger partial charge in [0.25, 0.3) is 0 Å². The van der Waals surface area contributed by atoms with Crippen LogP contribution in [0, 0.1) is 11.6 Å². The summed E-state index contributed by atoms with van der Waals surface area (Å²) in [6, 6.07) is 3.40. The van der Waals surface area contributed by atoms with Gasteiger partial charge in [-0.25, -0.2) is 8.78 Å². The number of ether oxygens (including phenoxy) is 2. The van der Waals surface area contributed by atoms with Crippen molar-refractivity contribution in [3.8, 4) is 0 Å². The third-order valence-electron chi connectivity index (χ3n) is 2.73. The van der Waals surface area contributed by atoms with Crippen LogP contribution >= 0.6 is 0 Å². The monoisotopic (exact) mass is 273 g/mol. The van der Waals surface area contributed by atoms with E-state index in [0.717, 1.165) is 0 Å². The van der Waals surface area contributed by atoms with Gasteiger partial charge in [-0.05, 0) is 32.9 Å². The van der Waals surface area contributed by atoms with Gasteiger partial charge in [0.2, 0.25) is 0 Å². The standard InChI is InChI=1S/C14H21F2NO2/c1-4-18-13(19-5-2)9-17-10(3)14-11(15)7-6-8-12(14)16/h6-8,10,13,17H,4-5,9H2,1-3H3. The van der Waals surface area contributed by atoms with Crippen molar-refractivity contribution in [2.45, 2.75) is 33.1 Å². The topological polar surface area (TPSA) is 30.5 Å². The Hall–Kier alpha value is -1.04. The molecule has 3 nitrogen and oxygen atoms in total. The third-order valence-corrected chi connectivity index (χ3v) is 2.73. The summed E-state index contributed by atoms with van der Waals surface area (Å²) >= 11 is 0. The first-order valence-corrected chi connectivity index (χ1v) is 6.50. The highest BCUT2D eigenvalue weighted by Crippen LogP contribution is 2.20. The lowest BCUT2D eigenvalue weighted by Gasteiger charge is -2.21. The smallest absolute Gasteiger partial charge is 0.169 e. The predicted molar refractivity (Wildman–Crippen MR) is 69.8 cm³/mol. The molecule has 5 heteroatoms. The zero-order valence-electron chi connectivity index (χ0n) is 11.6. The summed E-state index contributed by atoms with van der Waals surface area (Å²) in [6.07, 6.45) is -0.410. The molecule has 1 aromatic rings. The average Bonchev–Trinajstić information content (AvgIpc) is 2.36. The minimum absolute atomic E-state index is 0.0363. The summed E-state index contributed by atoms with van der Waals surface area (Å²) in [7, 11) is 0. The molecule has 1 aromatic carbocycles. The molecule has 0 heterocycles. The number of hydrogen-bond acceptors (Lipinski definition) is 3. The summed E-state index contributed by atoms with van der Waals surface area (Å²) in [5, 5.41) is 3.02. The number of nitrogens with one attached hydrogen (secondary N) is 1. The largest absolute Gasteiger partial charge is 0.352 e. The van der Waals surface area contributed by atoms with Gasteiger partial charge in [0, 0.05) is 31.4 Å². The Bertz CT molecular complexity index is 361. The van der Waals surface area contributed by atoms with Crippen molar-refractivity contribution in [2.75, 3.05) is 19.8 Å². The summed E-state index contributed by atoms with van der Waals surface area (Å²) < 4.78 is 37.9. The van der Waals surface area contributed by atoms with Crippen LogP contribution in [0.3, 0.4) is 0 Å². The van der Waals surface area contributed by atoms with Crippen LogP contribution in [0.5, 0.6) is 0 Å². The zero-order chi connectivity index (χ0) is 14.3. The van der Waals surface area contributed by atoms with Crippen molar-refractivity contribution in [2.24, 2.45) is 0 Å². The number of hydrogen-bond donors (Lipinski definition) is 1. The number of halogens is 2. The average molecular weight is 273 g/mol. The first-order valence-electron chi connectivity index (χ1n) is 6.50. The van der Waals surface area contributed by atoms with E-state index in [9.17, 15) is 8.78 Å². The summed E-state index contributed by atoms with van der Waals surface area (Å²) in [5.74, 6) is -1.10. The highest BCUT2D eigenvalue weighted by Gasteiger charge is 2.17. The second-order valence-corrected chi connectivity index (χ2v) is 4.11. The molecule has 0 amide bonds. The maximum atomic E-state index is 13.6. The predicted octanol–water partition coefficient (Wildman–Crippen LogP) is 3.01. The van der Waals surface area contributed by atoms with Crippen LogP contribution in [0.2, 0.25) is 0 Å². The summed E-state index contributed by atoms with van der Waals surface area (Å²) in [6.45, 7) is 6.86. The molecule has 0 aromatic heterocycles. The van der Waals surface area contributed by atoms with Crippen LogP contribution in [0.1, 0.15) is 32.4 Å². The lowest BCUT2D eigenvalue weighted by molar-refractivity contribution is -0.133. The van der Waals surface area contributed by atoms with E-state index in [-0.39, 0.29) is 5.56 Å². The third kappa shape index (κ3) is 4.86. The molecule has 0 saturated carbocycles. The van der Waals surface area contributed by atoms with Crippen LogP contribution in [0.4, 0.5) is 8.78 Å². The maximum Gasteiger partial charge on any atom is 0.169 e. The van der Waals surface area contributed by atoms with Crippen molar-refractivity contribution in [3.05, 3.63) is 35.4 Å². The van der Waals surface area contributed by atoms with Crippen molar-refractivity contribution in [3.63, 3.8) is 0 Å². The molecule has 1 N–H and O–H groups in total. The molecule has 0 saturated heterocycles. The molecule has 0 bridgehead atoms. The van der Waals surface area contributed by atoms with E-state index in [1.807, 2.05) is 13.8 Å². The SMILES string of the molecule is CCOC(CNC(C)c1c(F)cccc1F)OCC. The molecule has 108 valence electrons. The first-order chi connectivity index (χ1) is 9.10. The summed E-state index contributed by atoms with van der Waals surface area (Å²) in [4.78, 5) is 0. The molecule has 0 aliphatic carbocycles. The van der Waals surface area contributed by atoms with E-state index >= 15 is 0 Å². The molecule has 0 aliphatic rings. The maximum absolute atomic E-state index is 13.6. The van der Waals surface area contributed by atoms with Gasteiger partial charge in [0.1, 0.15) is 11.6 Å². The summed E-state index contributed by atoms with van der Waals surface area (Å²) in [5.41, 5.74) is 0.0363. The van der Waals surface area contributed by atoms with Crippen LogP contribution in [-0.4, -0.2) is 26.0 Å². The Kier molecular flexibility index (Phi) is 6.91. The van der Waals surface area contributed by atoms with Gasteiger partial charge < -0.3 is 14.8 Å². The fourth-order valence-corrected chi connectivity index (χ4v) is 1.84. The van der Waals surface area contributed by atoms with Crippen LogP contribution < -0.4 is 5.32 Å². The Balaban J connectivity index is 2.61. The normalized spacial score (nSPS) is 12.9. The minimum atomic E-state index is -0.552. The molecule has 0 fully saturated rings. The molecule has 1 rings (SSSR count). The van der Waals surface area contributed by atoms with Gasteiger partial charge in [-0.15, -0.1) is 0 Å². The number of benzene rings is 1. The van der Waals surface area contributed by atoms with E-state index in [2.05, 4.69) is 5.32 Å². The fraction of sp³-hybridized carbons (Fsp3) is 0.571. The highest BCUT2D eigenvalue weighted by atomic mass is 19.1. The van der Waals surface area contributed by atoms with Gasteiger partial charge in [-0.2, -0.15) is 0 Å². The second-order valence-electron chi connectivity index (χ2n) is 4.11. The number of rotatable bonds is 8. The van der Waals surface area contributed by atoms with E-state index in [4.69, 9.17) is 9.47 Å². The van der Waals surface area contributed by atoms with E-state index in [1.54, 1.807) is 6.92 Å². The van der Waals surface area contributed by atoms with E-state index < -0.39 is 24.0 Å². The van der Waals surface area contributed by atoms with Crippen LogP contribution in [0.25, 0.3) is 0 Å². The molecule has 0 spiro atoms.